The summed E-state index contributed by atoms with van der Waals surface area (Å²) in [6.45, 7) is 0.647. The van der Waals surface area contributed by atoms with Crippen LogP contribution in [0.15, 0.2) is 45.5 Å². The van der Waals surface area contributed by atoms with E-state index >= 15 is 0 Å². The van der Waals surface area contributed by atoms with Crippen molar-refractivity contribution in [3.63, 3.8) is 0 Å². The van der Waals surface area contributed by atoms with Gasteiger partial charge in [-0.25, -0.2) is 9.97 Å². The molecule has 2 N–H and O–H groups in total. The molecule has 2 aromatic rings. The van der Waals surface area contributed by atoms with E-state index in [1.807, 2.05) is 18.3 Å². The molecule has 0 spiro atoms. The van der Waals surface area contributed by atoms with Crippen LogP contribution in [-0.2, 0) is 6.42 Å². The molecule has 0 aliphatic rings. The molecule has 0 saturated heterocycles. The average Bonchev–Trinajstić information content (AvgIpc) is 2.74. The van der Waals surface area contributed by atoms with Crippen molar-refractivity contribution < 1.29 is 4.42 Å². The van der Waals surface area contributed by atoms with Gasteiger partial charge in [0.05, 0.1) is 6.20 Å². The Hall–Kier alpha value is -1.33. The Labute approximate surface area is 91.9 Å². The quantitative estimate of drug-likeness (QED) is 0.851. The highest BCUT2D eigenvalue weighted by molar-refractivity contribution is 7.99. The van der Waals surface area contributed by atoms with E-state index in [9.17, 15) is 0 Å². The number of hydrogen-bond donors (Lipinski definition) is 1. The molecule has 0 amide bonds. The monoisotopic (exact) mass is 221 g/mol. The number of rotatable bonds is 4. The molecule has 0 aliphatic carbocycles. The van der Waals surface area contributed by atoms with Crippen molar-refractivity contribution in [1.82, 2.24) is 9.97 Å². The summed E-state index contributed by atoms with van der Waals surface area (Å²) in [4.78, 5) is 8.29. The van der Waals surface area contributed by atoms with Crippen LogP contribution < -0.4 is 5.73 Å². The van der Waals surface area contributed by atoms with E-state index in [0.29, 0.717) is 11.8 Å². The van der Waals surface area contributed by atoms with Crippen LogP contribution in [-0.4, -0.2) is 16.5 Å². The Morgan fingerprint density at radius 1 is 1.33 bits per heavy atom. The molecule has 0 aliphatic heterocycles. The first kappa shape index (κ1) is 10.2. The summed E-state index contributed by atoms with van der Waals surface area (Å²) < 4.78 is 5.11. The number of aromatic nitrogens is 2. The van der Waals surface area contributed by atoms with E-state index in [1.165, 1.54) is 11.8 Å². The first-order chi connectivity index (χ1) is 7.38. The molecule has 0 aromatic carbocycles. The molecule has 5 heteroatoms. The minimum atomic E-state index is 0.606. The lowest BCUT2D eigenvalue weighted by molar-refractivity contribution is 0.454. The van der Waals surface area contributed by atoms with Crippen LogP contribution >= 0.6 is 11.8 Å². The minimum Gasteiger partial charge on any atom is -0.440 e. The van der Waals surface area contributed by atoms with Gasteiger partial charge in [-0.3, -0.25) is 0 Å². The second kappa shape index (κ2) is 4.95. The van der Waals surface area contributed by atoms with Crippen molar-refractivity contribution in [3.05, 3.63) is 36.4 Å². The third kappa shape index (κ3) is 2.81. The Morgan fingerprint density at radius 3 is 2.87 bits per heavy atom. The first-order valence-electron chi connectivity index (χ1n) is 4.61. The van der Waals surface area contributed by atoms with Crippen molar-refractivity contribution in [2.75, 3.05) is 6.54 Å². The predicted molar refractivity (Wildman–Crippen MR) is 57.6 cm³/mol. The Kier molecular flexibility index (Phi) is 3.37. The van der Waals surface area contributed by atoms with E-state index in [2.05, 4.69) is 9.97 Å². The number of hydrogen-bond acceptors (Lipinski definition) is 5. The van der Waals surface area contributed by atoms with Crippen LogP contribution in [0.2, 0.25) is 0 Å². The average molecular weight is 221 g/mol. The Balaban J connectivity index is 2.04. The van der Waals surface area contributed by atoms with E-state index in [1.54, 1.807) is 12.5 Å². The molecular weight excluding hydrogens is 210 g/mol. The number of pyridine rings is 1. The second-order valence-corrected chi connectivity index (χ2v) is 3.92. The molecule has 0 fully saturated rings. The smallest absolute Gasteiger partial charge is 0.261 e. The molecule has 78 valence electrons. The lowest BCUT2D eigenvalue weighted by atomic mass is 10.2. The van der Waals surface area contributed by atoms with Gasteiger partial charge in [0.1, 0.15) is 11.3 Å². The van der Waals surface area contributed by atoms with E-state index in [4.69, 9.17) is 10.2 Å². The molecular formula is C10H11N3OS. The molecule has 2 rings (SSSR count). The van der Waals surface area contributed by atoms with Gasteiger partial charge in [-0.2, -0.15) is 0 Å². The fourth-order valence-corrected chi connectivity index (χ4v) is 1.77. The third-order valence-corrected chi connectivity index (χ3v) is 2.66. The highest BCUT2D eigenvalue weighted by atomic mass is 32.2. The summed E-state index contributed by atoms with van der Waals surface area (Å²) in [5.41, 5.74) is 6.60. The van der Waals surface area contributed by atoms with Crippen LogP contribution in [0, 0.1) is 0 Å². The van der Waals surface area contributed by atoms with E-state index < -0.39 is 0 Å². The van der Waals surface area contributed by atoms with Crippen molar-refractivity contribution in [2.24, 2.45) is 5.73 Å². The predicted octanol–water partition coefficient (Wildman–Crippen LogP) is 1.72. The summed E-state index contributed by atoms with van der Waals surface area (Å²) >= 11 is 1.40. The minimum absolute atomic E-state index is 0.606. The van der Waals surface area contributed by atoms with Gasteiger partial charge in [0.2, 0.25) is 0 Å². The first-order valence-corrected chi connectivity index (χ1v) is 5.42. The fraction of sp³-hybridized carbons (Fsp3) is 0.200. The second-order valence-electron chi connectivity index (χ2n) is 2.94. The lowest BCUT2D eigenvalue weighted by Crippen LogP contribution is -2.02. The summed E-state index contributed by atoms with van der Waals surface area (Å²) in [6, 6.07) is 3.96. The van der Waals surface area contributed by atoms with Gasteiger partial charge in [-0.1, -0.05) is 6.07 Å². The Bertz CT molecular complexity index is 399. The number of nitrogens with zero attached hydrogens (tertiary/aromatic N) is 2. The number of oxazole rings is 1. The SMILES string of the molecule is NCCc1ccc(Sc2ncco2)nc1. The van der Waals surface area contributed by atoms with Gasteiger partial charge in [0.15, 0.2) is 0 Å². The molecule has 0 saturated carbocycles. The maximum Gasteiger partial charge on any atom is 0.261 e. The van der Waals surface area contributed by atoms with E-state index in [0.717, 1.165) is 17.0 Å². The lowest BCUT2D eigenvalue weighted by Gasteiger charge is -1.99. The van der Waals surface area contributed by atoms with Gasteiger partial charge in [0, 0.05) is 6.20 Å². The highest BCUT2D eigenvalue weighted by Crippen LogP contribution is 2.23. The van der Waals surface area contributed by atoms with Crippen molar-refractivity contribution in [1.29, 1.82) is 0 Å². The van der Waals surface area contributed by atoms with Gasteiger partial charge in [0.25, 0.3) is 5.22 Å². The summed E-state index contributed by atoms with van der Waals surface area (Å²) in [6.07, 6.45) is 5.85. The third-order valence-electron chi connectivity index (χ3n) is 1.83. The fourth-order valence-electron chi connectivity index (χ4n) is 1.14. The topological polar surface area (TPSA) is 64.9 Å². The van der Waals surface area contributed by atoms with E-state index in [-0.39, 0.29) is 0 Å². The van der Waals surface area contributed by atoms with Crippen molar-refractivity contribution >= 4 is 11.8 Å². The summed E-state index contributed by atoms with van der Waals surface area (Å²) in [5.74, 6) is 0. The van der Waals surface area contributed by atoms with Gasteiger partial charge < -0.3 is 10.2 Å². The summed E-state index contributed by atoms with van der Waals surface area (Å²) in [7, 11) is 0. The molecule has 15 heavy (non-hydrogen) atoms. The zero-order valence-electron chi connectivity index (χ0n) is 8.09. The molecule has 0 unspecified atom stereocenters. The normalized spacial score (nSPS) is 10.5. The maximum absolute atomic E-state index is 5.45. The molecule has 0 radical (unpaired) electrons. The van der Waals surface area contributed by atoms with Crippen LogP contribution in [0.5, 0.6) is 0 Å². The zero-order valence-corrected chi connectivity index (χ0v) is 8.91. The van der Waals surface area contributed by atoms with Crippen LogP contribution in [0.25, 0.3) is 0 Å². The van der Waals surface area contributed by atoms with Gasteiger partial charge in [-0.15, -0.1) is 0 Å². The molecule has 4 nitrogen and oxygen atoms in total. The largest absolute Gasteiger partial charge is 0.440 e. The molecule has 0 bridgehead atoms. The van der Waals surface area contributed by atoms with Crippen LogP contribution in [0.1, 0.15) is 5.56 Å². The van der Waals surface area contributed by atoms with Crippen molar-refractivity contribution in [3.8, 4) is 0 Å². The standard InChI is InChI=1S/C10H11N3OS/c11-4-3-8-1-2-9(13-7-8)15-10-12-5-6-14-10/h1-2,5-7H,3-4,11H2. The Morgan fingerprint density at radius 2 is 2.27 bits per heavy atom. The van der Waals surface area contributed by atoms with Crippen LogP contribution in [0.4, 0.5) is 0 Å². The zero-order chi connectivity index (χ0) is 10.5. The molecule has 2 aromatic heterocycles. The highest BCUT2D eigenvalue weighted by Gasteiger charge is 2.02. The molecule has 0 atom stereocenters. The van der Waals surface area contributed by atoms with Crippen LogP contribution in [0.3, 0.4) is 0 Å². The molecule has 2 heterocycles. The van der Waals surface area contributed by atoms with Crippen molar-refractivity contribution in [2.45, 2.75) is 16.7 Å². The summed E-state index contributed by atoms with van der Waals surface area (Å²) in [5, 5.41) is 1.48. The van der Waals surface area contributed by atoms with Gasteiger partial charge in [-0.05, 0) is 36.4 Å². The van der Waals surface area contributed by atoms with Gasteiger partial charge >= 0.3 is 0 Å². The number of nitrogens with two attached hydrogens (primary N) is 1. The maximum atomic E-state index is 5.45.